The third-order valence-corrected chi connectivity index (χ3v) is 4.69. The molecule has 1 fully saturated rings. The number of carbonyl (C=O) groups is 1. The number of hydrogen-bond donors (Lipinski definition) is 1. The van der Waals surface area contributed by atoms with E-state index in [0.29, 0.717) is 18.0 Å². The minimum absolute atomic E-state index is 0.0282. The fourth-order valence-electron chi connectivity index (χ4n) is 3.36. The van der Waals surface area contributed by atoms with Crippen molar-refractivity contribution in [1.29, 1.82) is 0 Å². The van der Waals surface area contributed by atoms with Crippen LogP contribution in [0.3, 0.4) is 0 Å². The minimum Gasteiger partial charge on any atom is -0.472 e. The maximum absolute atomic E-state index is 12.1. The number of benzene rings is 1. The predicted octanol–water partition coefficient (Wildman–Crippen LogP) is 2.90. The molecule has 0 unspecified atom stereocenters. The van der Waals surface area contributed by atoms with Crippen molar-refractivity contribution in [3.8, 4) is 17.0 Å². The van der Waals surface area contributed by atoms with Crippen LogP contribution in [-0.2, 0) is 0 Å². The van der Waals surface area contributed by atoms with Gasteiger partial charge in [0, 0.05) is 43.3 Å². The van der Waals surface area contributed by atoms with Gasteiger partial charge in [0.05, 0.1) is 12.1 Å². The van der Waals surface area contributed by atoms with E-state index in [1.54, 1.807) is 18.6 Å². The van der Waals surface area contributed by atoms with Crippen LogP contribution in [0.15, 0.2) is 67.1 Å². The lowest BCUT2D eigenvalue weighted by Crippen LogP contribution is -2.27. The number of aromatic nitrogens is 2. The van der Waals surface area contributed by atoms with Gasteiger partial charge in [0.2, 0.25) is 5.88 Å². The van der Waals surface area contributed by atoms with E-state index < -0.39 is 5.91 Å². The van der Waals surface area contributed by atoms with Gasteiger partial charge in [-0.3, -0.25) is 9.78 Å². The quantitative estimate of drug-likeness (QED) is 0.757. The molecule has 0 aliphatic carbocycles. The molecule has 1 saturated heterocycles. The lowest BCUT2D eigenvalue weighted by atomic mass is 10.0. The monoisotopic (exact) mass is 360 g/mol. The number of pyridine rings is 2. The number of nitrogens with two attached hydrogens (primary N) is 1. The maximum Gasteiger partial charge on any atom is 0.250 e. The first-order valence-corrected chi connectivity index (χ1v) is 8.87. The summed E-state index contributed by atoms with van der Waals surface area (Å²) in [5.74, 6) is 0.183. The maximum atomic E-state index is 12.1. The highest BCUT2D eigenvalue weighted by atomic mass is 16.5. The number of carbonyl (C=O) groups excluding carboxylic acids is 1. The summed E-state index contributed by atoms with van der Waals surface area (Å²) in [6.07, 6.45) is 6.06. The molecule has 136 valence electrons. The third kappa shape index (κ3) is 3.74. The smallest absolute Gasteiger partial charge is 0.250 e. The van der Waals surface area contributed by atoms with Crippen LogP contribution >= 0.6 is 0 Å². The van der Waals surface area contributed by atoms with E-state index in [0.717, 1.165) is 29.8 Å². The zero-order valence-corrected chi connectivity index (χ0v) is 14.8. The van der Waals surface area contributed by atoms with Crippen LogP contribution in [0.1, 0.15) is 16.8 Å². The average Bonchev–Trinajstić information content (AvgIpc) is 3.17. The van der Waals surface area contributed by atoms with Gasteiger partial charge >= 0.3 is 0 Å². The van der Waals surface area contributed by atoms with Gasteiger partial charge in [0.15, 0.2) is 0 Å². The molecule has 1 amide bonds. The summed E-state index contributed by atoms with van der Waals surface area (Å²) < 4.78 is 5.94. The molecule has 1 aliphatic heterocycles. The molecule has 4 rings (SSSR count). The van der Waals surface area contributed by atoms with E-state index in [1.807, 2.05) is 48.5 Å². The molecule has 1 atom stereocenters. The first-order chi connectivity index (χ1) is 13.2. The van der Waals surface area contributed by atoms with Gasteiger partial charge in [0.25, 0.3) is 5.91 Å². The van der Waals surface area contributed by atoms with Gasteiger partial charge in [-0.15, -0.1) is 0 Å². The Bertz CT molecular complexity index is 931. The Kier molecular flexibility index (Phi) is 4.70. The Morgan fingerprint density at radius 1 is 1.07 bits per heavy atom. The van der Waals surface area contributed by atoms with E-state index in [4.69, 9.17) is 10.5 Å². The van der Waals surface area contributed by atoms with Crippen molar-refractivity contribution in [2.24, 2.45) is 5.73 Å². The number of rotatable bonds is 5. The molecule has 3 heterocycles. The SMILES string of the molecule is NC(=O)c1cc(-c2ccncc2)ccc1N1CC[C@H](Oc2ccccn2)C1. The van der Waals surface area contributed by atoms with Crippen molar-refractivity contribution < 1.29 is 9.53 Å². The number of primary amides is 1. The fraction of sp³-hybridized carbons (Fsp3) is 0.190. The molecule has 6 heteroatoms. The molecule has 0 saturated carbocycles. The third-order valence-electron chi connectivity index (χ3n) is 4.69. The highest BCUT2D eigenvalue weighted by molar-refractivity contribution is 6.00. The van der Waals surface area contributed by atoms with Crippen molar-refractivity contribution in [1.82, 2.24) is 9.97 Å². The molecule has 2 N–H and O–H groups in total. The lowest BCUT2D eigenvalue weighted by molar-refractivity contribution is 0.100. The van der Waals surface area contributed by atoms with E-state index in [9.17, 15) is 4.79 Å². The van der Waals surface area contributed by atoms with Crippen LogP contribution < -0.4 is 15.4 Å². The fourth-order valence-corrected chi connectivity index (χ4v) is 3.36. The summed E-state index contributed by atoms with van der Waals surface area (Å²) in [7, 11) is 0. The summed E-state index contributed by atoms with van der Waals surface area (Å²) in [6, 6.07) is 15.2. The number of anilines is 1. The Hall–Kier alpha value is -3.41. The zero-order valence-electron chi connectivity index (χ0n) is 14.8. The highest BCUT2D eigenvalue weighted by Gasteiger charge is 2.27. The number of hydrogen-bond acceptors (Lipinski definition) is 5. The summed E-state index contributed by atoms with van der Waals surface area (Å²) >= 11 is 0. The standard InChI is InChI=1S/C21H20N4O2/c22-21(26)18-13-16(15-6-10-23-11-7-15)4-5-19(18)25-12-8-17(14-25)27-20-3-1-2-9-24-20/h1-7,9-11,13,17H,8,12,14H2,(H2,22,26)/t17-/m0/s1. The van der Waals surface area contributed by atoms with Crippen molar-refractivity contribution in [3.63, 3.8) is 0 Å². The van der Waals surface area contributed by atoms with Crippen molar-refractivity contribution in [2.75, 3.05) is 18.0 Å². The lowest BCUT2D eigenvalue weighted by Gasteiger charge is -2.22. The van der Waals surface area contributed by atoms with Crippen LogP contribution in [0.25, 0.3) is 11.1 Å². The Morgan fingerprint density at radius 3 is 2.67 bits per heavy atom. The van der Waals surface area contributed by atoms with Crippen molar-refractivity contribution in [3.05, 3.63) is 72.7 Å². The Labute approximate surface area is 157 Å². The largest absolute Gasteiger partial charge is 0.472 e. The Morgan fingerprint density at radius 2 is 1.93 bits per heavy atom. The number of nitrogens with zero attached hydrogens (tertiary/aromatic N) is 3. The summed E-state index contributed by atoms with van der Waals surface area (Å²) in [5.41, 5.74) is 8.96. The predicted molar refractivity (Wildman–Crippen MR) is 104 cm³/mol. The van der Waals surface area contributed by atoms with E-state index in [2.05, 4.69) is 14.9 Å². The van der Waals surface area contributed by atoms with E-state index >= 15 is 0 Å². The average molecular weight is 360 g/mol. The normalized spacial score (nSPS) is 16.3. The first kappa shape index (κ1) is 17.0. The number of ether oxygens (including phenoxy) is 1. The number of amides is 1. The van der Waals surface area contributed by atoms with Crippen LogP contribution in [0, 0.1) is 0 Å². The van der Waals surface area contributed by atoms with Crippen molar-refractivity contribution in [2.45, 2.75) is 12.5 Å². The van der Waals surface area contributed by atoms with Gasteiger partial charge in [-0.2, -0.15) is 0 Å². The summed E-state index contributed by atoms with van der Waals surface area (Å²) in [5, 5.41) is 0. The molecule has 6 nitrogen and oxygen atoms in total. The summed E-state index contributed by atoms with van der Waals surface area (Å²) in [4.78, 5) is 22.5. The Balaban J connectivity index is 1.56. The van der Waals surface area contributed by atoms with Crippen LogP contribution in [0.2, 0.25) is 0 Å². The van der Waals surface area contributed by atoms with Gasteiger partial charge in [0.1, 0.15) is 6.10 Å². The molecular weight excluding hydrogens is 340 g/mol. The van der Waals surface area contributed by atoms with E-state index in [1.165, 1.54) is 0 Å². The summed E-state index contributed by atoms with van der Waals surface area (Å²) in [6.45, 7) is 1.48. The van der Waals surface area contributed by atoms with Gasteiger partial charge in [-0.1, -0.05) is 12.1 Å². The highest BCUT2D eigenvalue weighted by Crippen LogP contribution is 2.30. The van der Waals surface area contributed by atoms with Crippen LogP contribution in [0.4, 0.5) is 5.69 Å². The molecule has 3 aromatic rings. The molecule has 1 aliphatic rings. The molecular formula is C21H20N4O2. The van der Waals surface area contributed by atoms with Crippen LogP contribution in [0.5, 0.6) is 5.88 Å². The molecule has 0 bridgehead atoms. The van der Waals surface area contributed by atoms with E-state index in [-0.39, 0.29) is 6.10 Å². The molecule has 0 radical (unpaired) electrons. The molecule has 2 aromatic heterocycles. The van der Waals surface area contributed by atoms with Gasteiger partial charge in [-0.25, -0.2) is 4.98 Å². The van der Waals surface area contributed by atoms with Crippen LogP contribution in [-0.4, -0.2) is 35.1 Å². The molecule has 1 aromatic carbocycles. The molecule has 27 heavy (non-hydrogen) atoms. The first-order valence-electron chi connectivity index (χ1n) is 8.87. The second-order valence-corrected chi connectivity index (χ2v) is 6.47. The van der Waals surface area contributed by atoms with Gasteiger partial charge in [-0.05, 0) is 41.5 Å². The van der Waals surface area contributed by atoms with Crippen molar-refractivity contribution >= 4 is 11.6 Å². The molecule has 0 spiro atoms. The minimum atomic E-state index is -0.435. The topological polar surface area (TPSA) is 81.3 Å². The second-order valence-electron chi connectivity index (χ2n) is 6.47. The second kappa shape index (κ2) is 7.45. The van der Waals surface area contributed by atoms with Gasteiger partial charge < -0.3 is 15.4 Å². The zero-order chi connectivity index (χ0) is 18.6.